The van der Waals surface area contributed by atoms with E-state index < -0.39 is 34.8 Å². The number of rotatable bonds is 9. The van der Waals surface area contributed by atoms with Gasteiger partial charge in [0, 0.05) is 42.0 Å². The van der Waals surface area contributed by atoms with Crippen LogP contribution in [0.1, 0.15) is 132 Å². The van der Waals surface area contributed by atoms with E-state index in [2.05, 4.69) is 29.2 Å². The maximum Gasteiger partial charge on any atom is 0.408 e. The summed E-state index contributed by atoms with van der Waals surface area (Å²) < 4.78 is 13.3. The number of ether oxygens (including phenoxy) is 2. The van der Waals surface area contributed by atoms with Crippen molar-refractivity contribution in [2.45, 2.75) is 137 Å². The Morgan fingerprint density at radius 3 is 2.21 bits per heavy atom. The van der Waals surface area contributed by atoms with Gasteiger partial charge in [0.25, 0.3) is 0 Å². The van der Waals surface area contributed by atoms with Crippen molar-refractivity contribution in [2.24, 2.45) is 16.2 Å². The minimum Gasteiger partial charge on any atom is -0.478 e. The number of hydrogen-bond acceptors (Lipinski definition) is 9. The predicted octanol–water partition coefficient (Wildman–Crippen LogP) is 7.23. The summed E-state index contributed by atoms with van der Waals surface area (Å²) in [5.74, 6) is -1.16. The van der Waals surface area contributed by atoms with Gasteiger partial charge in [0.2, 0.25) is 5.91 Å². The lowest BCUT2D eigenvalue weighted by Crippen LogP contribution is -2.69. The van der Waals surface area contributed by atoms with Gasteiger partial charge in [0.15, 0.2) is 5.69 Å². The molecule has 57 heavy (non-hydrogen) atoms. The van der Waals surface area contributed by atoms with E-state index in [4.69, 9.17) is 19.6 Å². The molecule has 1 aromatic carbocycles. The highest BCUT2D eigenvalue weighted by Crippen LogP contribution is 2.71. The monoisotopic (exact) mass is 782 g/mol. The van der Waals surface area contributed by atoms with Gasteiger partial charge in [0.1, 0.15) is 23.6 Å². The number of fused-ring (bicyclic) bond motifs is 1. The third-order valence-corrected chi connectivity index (χ3v) is 12.1. The number of hydrogen-bond donors (Lipinski definition) is 3. The summed E-state index contributed by atoms with van der Waals surface area (Å²) in [5.41, 5.74) is 2.62. The van der Waals surface area contributed by atoms with E-state index in [0.717, 1.165) is 60.9 Å². The van der Waals surface area contributed by atoms with Gasteiger partial charge >= 0.3 is 18.0 Å². The predicted molar refractivity (Wildman–Crippen MR) is 215 cm³/mol. The number of esters is 1. The molecule has 3 N–H and O–H groups in total. The van der Waals surface area contributed by atoms with Crippen molar-refractivity contribution in [1.82, 2.24) is 25.4 Å². The molecular formula is C44H58N6O7. The van der Waals surface area contributed by atoms with Gasteiger partial charge < -0.3 is 30.1 Å². The van der Waals surface area contributed by atoms with E-state index in [1.807, 2.05) is 50.8 Å². The van der Waals surface area contributed by atoms with Crippen LogP contribution in [0.2, 0.25) is 0 Å². The van der Waals surface area contributed by atoms with Crippen molar-refractivity contribution >= 4 is 29.8 Å². The summed E-state index contributed by atoms with van der Waals surface area (Å²) in [4.78, 5) is 58.7. The van der Waals surface area contributed by atoms with E-state index in [9.17, 15) is 24.3 Å². The van der Waals surface area contributed by atoms with Gasteiger partial charge in [-0.1, -0.05) is 26.0 Å². The van der Waals surface area contributed by atoms with E-state index in [1.165, 1.54) is 0 Å². The molecule has 4 bridgehead atoms. The van der Waals surface area contributed by atoms with E-state index >= 15 is 0 Å². The van der Waals surface area contributed by atoms with Crippen LogP contribution in [0.4, 0.5) is 10.6 Å². The molecule has 13 nitrogen and oxygen atoms in total. The number of carboxylic acids is 1. The molecule has 2 amide bonds. The van der Waals surface area contributed by atoms with Crippen molar-refractivity contribution in [3.63, 3.8) is 0 Å². The summed E-state index contributed by atoms with van der Waals surface area (Å²) >= 11 is 0. The first-order valence-electron chi connectivity index (χ1n) is 20.1. The van der Waals surface area contributed by atoms with Crippen LogP contribution in [0.15, 0.2) is 36.5 Å². The Balaban J connectivity index is 1.16. The van der Waals surface area contributed by atoms with Gasteiger partial charge in [-0.2, -0.15) is 5.10 Å². The number of carbonyl (C=O) groups excluding carboxylic acids is 3. The number of aromatic carboxylic acids is 1. The molecule has 2 unspecified atom stereocenters. The molecule has 5 aliphatic rings. The molecule has 4 saturated carbocycles. The third kappa shape index (κ3) is 8.39. The smallest absolute Gasteiger partial charge is 0.408 e. The maximum absolute atomic E-state index is 13.9. The molecule has 0 spiro atoms. The van der Waals surface area contributed by atoms with Crippen LogP contribution in [0.5, 0.6) is 0 Å². The lowest BCUT2D eigenvalue weighted by Gasteiger charge is -2.69. The molecule has 0 saturated heterocycles. The first-order chi connectivity index (χ1) is 26.5. The van der Waals surface area contributed by atoms with Crippen LogP contribution in [0, 0.1) is 23.2 Å². The van der Waals surface area contributed by atoms with Gasteiger partial charge in [0.05, 0.1) is 11.8 Å². The Labute approximate surface area is 335 Å². The summed E-state index contributed by atoms with van der Waals surface area (Å²) in [5, 5.41) is 20.8. The number of anilines is 1. The van der Waals surface area contributed by atoms with Crippen molar-refractivity contribution in [2.75, 3.05) is 18.0 Å². The second-order valence-corrected chi connectivity index (χ2v) is 20.2. The highest BCUT2D eigenvalue weighted by molar-refractivity contribution is 5.96. The zero-order chi connectivity index (χ0) is 41.3. The first-order valence-corrected chi connectivity index (χ1v) is 20.1. The van der Waals surface area contributed by atoms with Crippen molar-refractivity contribution in [3.05, 3.63) is 64.6 Å². The van der Waals surface area contributed by atoms with Crippen molar-refractivity contribution in [3.8, 4) is 11.1 Å². The molecule has 4 aliphatic carbocycles. The van der Waals surface area contributed by atoms with E-state index in [1.54, 1.807) is 39.1 Å². The Morgan fingerprint density at radius 1 is 0.877 bits per heavy atom. The Kier molecular flexibility index (Phi) is 9.80. The minimum atomic E-state index is -0.969. The largest absolute Gasteiger partial charge is 0.478 e. The average Bonchev–Trinajstić information content (AvgIpc) is 3.41. The number of aromatic nitrogens is 3. The lowest BCUT2D eigenvalue weighted by atomic mass is 9.38. The fourth-order valence-corrected chi connectivity index (χ4v) is 11.5. The summed E-state index contributed by atoms with van der Waals surface area (Å²) in [6.07, 6.45) is 7.54. The quantitative estimate of drug-likeness (QED) is 0.189. The number of pyridine rings is 1. The molecule has 2 atom stereocenters. The molecule has 2 aromatic heterocycles. The van der Waals surface area contributed by atoms with Gasteiger partial charge in [-0.15, -0.1) is 0 Å². The number of benzene rings is 1. The van der Waals surface area contributed by atoms with Crippen LogP contribution in [0.25, 0.3) is 11.1 Å². The Hall–Kier alpha value is -4.94. The fraction of sp³-hybridized carbons (Fsp3) is 0.591. The normalized spacial score (nSPS) is 26.4. The Bertz CT molecular complexity index is 2110. The number of carboxylic acid groups (broad SMARTS) is 1. The molecule has 8 rings (SSSR count). The van der Waals surface area contributed by atoms with Crippen LogP contribution in [-0.2, 0) is 33.8 Å². The number of nitrogens with one attached hydrogen (secondary N) is 2. The SMILES string of the molecule is Cc1c(-c2ccc(N3CCc4cccc(C(=O)O)c4C3)nc2C(=O)OC(C)(C)C)cnn1CC12CC3(C)CC(C)(C1)CC(NC(=O)CNC(=O)OC(C)(C)C)(C3)C2. The zero-order valence-corrected chi connectivity index (χ0v) is 34.9. The number of nitrogens with zero attached hydrogens (tertiary/aromatic N) is 4. The average molecular weight is 783 g/mol. The van der Waals surface area contributed by atoms with E-state index in [0.29, 0.717) is 37.4 Å². The molecule has 0 radical (unpaired) electrons. The van der Waals surface area contributed by atoms with Gasteiger partial charge in [-0.25, -0.2) is 19.4 Å². The van der Waals surface area contributed by atoms with Crippen LogP contribution in [0.3, 0.4) is 0 Å². The second kappa shape index (κ2) is 13.9. The number of amides is 2. The van der Waals surface area contributed by atoms with Crippen molar-refractivity contribution < 1.29 is 33.8 Å². The topological polar surface area (TPSA) is 165 Å². The number of carbonyl (C=O) groups is 4. The Morgan fingerprint density at radius 2 is 1.56 bits per heavy atom. The van der Waals surface area contributed by atoms with Gasteiger partial charge in [-0.3, -0.25) is 9.48 Å². The first kappa shape index (κ1) is 40.3. The van der Waals surface area contributed by atoms with Crippen LogP contribution in [-0.4, -0.2) is 73.6 Å². The standard InChI is InChI=1S/C44H58N6O7/c1-27-31(29-13-14-33(47-35(29)37(54)56-39(2,3)4)49-16-15-28-11-10-12-30(36(52)53)32(28)19-49)17-46-50(27)26-43-21-41(8)20-42(9,22-43)24-44(23-41,25-43)48-34(51)18-45-38(55)57-40(5,6)7/h10-14,17H,15-16,18-26H2,1-9H3,(H,45,55)(H,48,51)(H,52,53). The molecule has 1 aliphatic heterocycles. The molecule has 3 heterocycles. The highest BCUT2D eigenvalue weighted by atomic mass is 16.6. The highest BCUT2D eigenvalue weighted by Gasteiger charge is 2.66. The lowest BCUT2D eigenvalue weighted by molar-refractivity contribution is -0.174. The molecule has 13 heteroatoms. The molecule has 306 valence electrons. The van der Waals surface area contributed by atoms with Crippen LogP contribution >= 0.6 is 0 Å². The summed E-state index contributed by atoms with van der Waals surface area (Å²) in [6.45, 7) is 19.0. The molecule has 3 aromatic rings. The third-order valence-electron chi connectivity index (χ3n) is 12.1. The van der Waals surface area contributed by atoms with Gasteiger partial charge in [-0.05, 0) is 139 Å². The molecule has 4 fully saturated rings. The molecular weight excluding hydrogens is 725 g/mol. The van der Waals surface area contributed by atoms with E-state index in [-0.39, 0.29) is 40.0 Å². The van der Waals surface area contributed by atoms with Crippen molar-refractivity contribution in [1.29, 1.82) is 0 Å². The maximum atomic E-state index is 13.9. The minimum absolute atomic E-state index is 0.0308. The summed E-state index contributed by atoms with van der Waals surface area (Å²) in [7, 11) is 0. The van der Waals surface area contributed by atoms with Crippen LogP contribution < -0.4 is 15.5 Å². The number of alkyl carbamates (subject to hydrolysis) is 1. The second-order valence-electron chi connectivity index (χ2n) is 20.2. The fourth-order valence-electron chi connectivity index (χ4n) is 11.5. The summed E-state index contributed by atoms with van der Waals surface area (Å²) in [6, 6.07) is 9.16. The zero-order valence-electron chi connectivity index (χ0n) is 34.9.